The maximum absolute atomic E-state index is 11.2. The van der Waals surface area contributed by atoms with Gasteiger partial charge in [-0.15, -0.1) is 0 Å². The van der Waals surface area contributed by atoms with E-state index in [9.17, 15) is 9.90 Å². The summed E-state index contributed by atoms with van der Waals surface area (Å²) in [6.07, 6.45) is 3.29. The molecule has 7 heteroatoms. The Labute approximate surface area is 142 Å². The summed E-state index contributed by atoms with van der Waals surface area (Å²) in [4.78, 5) is 28.4. The van der Waals surface area contributed by atoms with Gasteiger partial charge in [0.05, 0.1) is 11.4 Å². The molecule has 4 heterocycles. The number of rotatable bonds is 3. The van der Waals surface area contributed by atoms with Gasteiger partial charge < -0.3 is 5.11 Å². The van der Waals surface area contributed by atoms with Gasteiger partial charge in [-0.3, -0.25) is 9.38 Å². The molecule has 0 fully saturated rings. The van der Waals surface area contributed by atoms with E-state index in [2.05, 4.69) is 19.9 Å². The van der Waals surface area contributed by atoms with Crippen LogP contribution >= 0.6 is 0 Å². The van der Waals surface area contributed by atoms with Crippen molar-refractivity contribution in [3.8, 4) is 22.8 Å². The number of carboxylic acids is 1. The van der Waals surface area contributed by atoms with E-state index >= 15 is 0 Å². The highest BCUT2D eigenvalue weighted by atomic mass is 16.4. The lowest BCUT2D eigenvalue weighted by atomic mass is 10.1. The van der Waals surface area contributed by atoms with Crippen LogP contribution in [0, 0.1) is 6.92 Å². The van der Waals surface area contributed by atoms with Crippen LogP contribution in [-0.2, 0) is 0 Å². The van der Waals surface area contributed by atoms with E-state index in [-0.39, 0.29) is 5.82 Å². The molecule has 0 aliphatic heterocycles. The molecule has 0 atom stereocenters. The molecular formula is C18H13N5O2. The summed E-state index contributed by atoms with van der Waals surface area (Å²) in [6, 6.07) is 13.0. The average molecular weight is 331 g/mol. The largest absolute Gasteiger partial charge is 0.475 e. The number of aryl methyl sites for hydroxylation is 1. The van der Waals surface area contributed by atoms with Gasteiger partial charge >= 0.3 is 5.97 Å². The molecule has 0 spiro atoms. The number of pyridine rings is 2. The highest BCUT2D eigenvalue weighted by Crippen LogP contribution is 2.30. The van der Waals surface area contributed by atoms with Crippen LogP contribution in [0.2, 0.25) is 0 Å². The number of fused-ring (bicyclic) bond motifs is 1. The third-order valence-corrected chi connectivity index (χ3v) is 3.75. The van der Waals surface area contributed by atoms with Crippen LogP contribution in [0.4, 0.5) is 0 Å². The lowest BCUT2D eigenvalue weighted by Gasteiger charge is -2.05. The number of imidazole rings is 1. The number of carboxylic acid groups (broad SMARTS) is 1. The third kappa shape index (κ3) is 2.61. The van der Waals surface area contributed by atoms with Crippen LogP contribution in [-0.4, -0.2) is 35.4 Å². The molecule has 4 aromatic rings. The number of hydrogen-bond acceptors (Lipinski definition) is 5. The van der Waals surface area contributed by atoms with Crippen LogP contribution in [0.15, 0.2) is 54.9 Å². The second-order valence-corrected chi connectivity index (χ2v) is 5.47. The molecular weight excluding hydrogens is 318 g/mol. The van der Waals surface area contributed by atoms with Crippen LogP contribution in [0.1, 0.15) is 16.3 Å². The van der Waals surface area contributed by atoms with E-state index < -0.39 is 5.97 Å². The molecule has 0 aliphatic carbocycles. The molecule has 0 aromatic carbocycles. The summed E-state index contributed by atoms with van der Waals surface area (Å²) in [6.45, 7) is 1.91. The molecule has 0 unspecified atom stereocenters. The van der Waals surface area contributed by atoms with Crippen LogP contribution < -0.4 is 0 Å². The van der Waals surface area contributed by atoms with Gasteiger partial charge in [0.1, 0.15) is 17.0 Å². The summed E-state index contributed by atoms with van der Waals surface area (Å²) in [5.74, 6) is -1.43. The summed E-state index contributed by atoms with van der Waals surface area (Å²) in [7, 11) is 0. The van der Waals surface area contributed by atoms with E-state index in [0.717, 1.165) is 11.3 Å². The Balaban J connectivity index is 2.03. The zero-order valence-electron chi connectivity index (χ0n) is 13.3. The van der Waals surface area contributed by atoms with Gasteiger partial charge in [-0.25, -0.2) is 19.7 Å². The maximum Gasteiger partial charge on any atom is 0.373 e. The Bertz CT molecular complexity index is 1100. The van der Waals surface area contributed by atoms with E-state index in [4.69, 9.17) is 0 Å². The lowest BCUT2D eigenvalue weighted by molar-refractivity contribution is 0.0683. The molecule has 0 radical (unpaired) electrons. The third-order valence-electron chi connectivity index (χ3n) is 3.75. The van der Waals surface area contributed by atoms with Gasteiger partial charge in [-0.05, 0) is 37.3 Å². The van der Waals surface area contributed by atoms with Gasteiger partial charge in [0.25, 0.3) is 0 Å². The molecule has 0 amide bonds. The fraction of sp³-hybridized carbons (Fsp3) is 0.0556. The van der Waals surface area contributed by atoms with Crippen molar-refractivity contribution in [3.05, 3.63) is 66.4 Å². The molecule has 0 bridgehead atoms. The second kappa shape index (κ2) is 5.79. The maximum atomic E-state index is 11.2. The van der Waals surface area contributed by atoms with E-state index in [1.54, 1.807) is 6.07 Å². The Morgan fingerprint density at radius 3 is 2.68 bits per heavy atom. The van der Waals surface area contributed by atoms with Crippen molar-refractivity contribution in [2.24, 2.45) is 0 Å². The van der Waals surface area contributed by atoms with Crippen molar-refractivity contribution in [2.45, 2.75) is 6.92 Å². The Hall–Kier alpha value is -3.61. The normalized spacial score (nSPS) is 10.9. The topological polar surface area (TPSA) is 93.3 Å². The number of nitrogens with zero attached hydrogens (tertiary/aromatic N) is 5. The first-order valence-electron chi connectivity index (χ1n) is 7.61. The van der Waals surface area contributed by atoms with Gasteiger partial charge in [0, 0.05) is 18.1 Å². The lowest BCUT2D eigenvalue weighted by Crippen LogP contribution is -2.05. The zero-order valence-corrected chi connectivity index (χ0v) is 13.3. The quantitative estimate of drug-likeness (QED) is 0.620. The van der Waals surface area contributed by atoms with Crippen LogP contribution in [0.5, 0.6) is 0 Å². The first-order chi connectivity index (χ1) is 12.1. The highest BCUT2D eigenvalue weighted by molar-refractivity contribution is 5.85. The first kappa shape index (κ1) is 14.9. The second-order valence-electron chi connectivity index (χ2n) is 5.47. The predicted molar refractivity (Wildman–Crippen MR) is 91.1 cm³/mol. The minimum absolute atomic E-state index is 0.258. The van der Waals surface area contributed by atoms with Crippen molar-refractivity contribution in [2.75, 3.05) is 0 Å². The Morgan fingerprint density at radius 1 is 1.00 bits per heavy atom. The molecule has 0 saturated carbocycles. The van der Waals surface area contributed by atoms with Crippen molar-refractivity contribution in [1.82, 2.24) is 24.3 Å². The van der Waals surface area contributed by atoms with Gasteiger partial charge in [-0.1, -0.05) is 12.1 Å². The van der Waals surface area contributed by atoms with Gasteiger partial charge in [0.15, 0.2) is 0 Å². The minimum atomic E-state index is -1.18. The Kier molecular flexibility index (Phi) is 3.46. The minimum Gasteiger partial charge on any atom is -0.475 e. The van der Waals surface area contributed by atoms with Crippen molar-refractivity contribution in [3.63, 3.8) is 0 Å². The molecule has 7 nitrogen and oxygen atoms in total. The molecule has 0 aliphatic rings. The van der Waals surface area contributed by atoms with Crippen LogP contribution in [0.25, 0.3) is 28.4 Å². The highest BCUT2D eigenvalue weighted by Gasteiger charge is 2.19. The number of hydrogen-bond donors (Lipinski definition) is 1. The summed E-state index contributed by atoms with van der Waals surface area (Å²) >= 11 is 0. The predicted octanol–water partition coefficient (Wildman–Crippen LogP) is 2.86. The molecule has 0 saturated heterocycles. The van der Waals surface area contributed by atoms with Crippen molar-refractivity contribution >= 4 is 11.6 Å². The monoisotopic (exact) mass is 331 g/mol. The van der Waals surface area contributed by atoms with E-state index in [0.29, 0.717) is 22.8 Å². The molecule has 25 heavy (non-hydrogen) atoms. The summed E-state index contributed by atoms with van der Waals surface area (Å²) in [5, 5.41) is 9.18. The fourth-order valence-electron chi connectivity index (χ4n) is 2.69. The SMILES string of the molecule is Cc1cccc(-c2nc3ccccn3c2-c2ccnc(C(=O)O)n2)n1. The van der Waals surface area contributed by atoms with Gasteiger partial charge in [-0.2, -0.15) is 0 Å². The van der Waals surface area contributed by atoms with Gasteiger partial charge in [0.2, 0.25) is 5.82 Å². The molecule has 122 valence electrons. The van der Waals surface area contributed by atoms with Crippen molar-refractivity contribution < 1.29 is 9.90 Å². The number of aromatic carboxylic acids is 1. The zero-order chi connectivity index (χ0) is 17.4. The standard InChI is InChI=1S/C18H13N5O2/c1-11-5-4-6-12(20-11)15-16(23-10-3-2-7-14(23)22-15)13-8-9-19-17(21-13)18(24)25/h2-10H,1H3,(H,24,25). The molecule has 4 rings (SSSR count). The number of aromatic nitrogens is 5. The van der Waals surface area contributed by atoms with Crippen molar-refractivity contribution in [1.29, 1.82) is 0 Å². The van der Waals surface area contributed by atoms with E-state index in [1.807, 2.05) is 53.9 Å². The average Bonchev–Trinajstić information content (AvgIpc) is 3.01. The molecule has 1 N–H and O–H groups in total. The fourth-order valence-corrected chi connectivity index (χ4v) is 2.69. The van der Waals surface area contributed by atoms with E-state index in [1.165, 1.54) is 6.20 Å². The first-order valence-corrected chi connectivity index (χ1v) is 7.61. The Morgan fingerprint density at radius 2 is 1.88 bits per heavy atom. The summed E-state index contributed by atoms with van der Waals surface area (Å²) < 4.78 is 1.87. The molecule has 4 aromatic heterocycles. The smallest absolute Gasteiger partial charge is 0.373 e. The summed E-state index contributed by atoms with van der Waals surface area (Å²) in [5.41, 5.74) is 4.10. The number of carbonyl (C=O) groups is 1. The van der Waals surface area contributed by atoms with Crippen LogP contribution in [0.3, 0.4) is 0 Å².